The highest BCUT2D eigenvalue weighted by Crippen LogP contribution is 2.25. The Morgan fingerprint density at radius 1 is 1.38 bits per heavy atom. The molecule has 0 spiro atoms. The highest BCUT2D eigenvalue weighted by molar-refractivity contribution is 5.91. The molecule has 1 rings (SSSR count). The van der Waals surface area contributed by atoms with E-state index in [1.54, 1.807) is 20.8 Å². The lowest BCUT2D eigenvalue weighted by atomic mass is 9.87. The molecule has 0 aromatic carbocycles. The SMILES string of the molecule is Cn1nnn(/C=C(\C(=O)O)C(C)(C)C)c1=O. The molecule has 7 nitrogen and oxygen atoms in total. The van der Waals surface area contributed by atoms with Gasteiger partial charge in [0.1, 0.15) is 0 Å². The average molecular weight is 226 g/mol. The minimum atomic E-state index is -1.08. The molecule has 0 fully saturated rings. The third-order valence-electron chi connectivity index (χ3n) is 2.03. The molecule has 0 aliphatic rings. The molecule has 1 aromatic heterocycles. The summed E-state index contributed by atoms with van der Waals surface area (Å²) < 4.78 is 1.94. The summed E-state index contributed by atoms with van der Waals surface area (Å²) >= 11 is 0. The molecule has 0 saturated heterocycles. The lowest BCUT2D eigenvalue weighted by Gasteiger charge is -2.18. The van der Waals surface area contributed by atoms with Gasteiger partial charge in [0.15, 0.2) is 0 Å². The quantitative estimate of drug-likeness (QED) is 0.714. The van der Waals surface area contributed by atoms with Crippen molar-refractivity contribution in [3.8, 4) is 0 Å². The van der Waals surface area contributed by atoms with E-state index in [1.165, 1.54) is 13.2 Å². The largest absolute Gasteiger partial charge is 0.478 e. The number of carbonyl (C=O) groups is 1. The van der Waals surface area contributed by atoms with Crippen molar-refractivity contribution >= 4 is 12.2 Å². The Labute approximate surface area is 92.0 Å². The standard InChI is InChI=1S/C9H14N4O3/c1-9(2,3)6(7(14)15)5-13-8(16)12(4)10-11-13/h5H,1-4H3,(H,14,15)/b6-5+. The molecule has 0 aliphatic heterocycles. The fourth-order valence-corrected chi connectivity index (χ4v) is 1.10. The molecule has 0 unspecified atom stereocenters. The second kappa shape index (κ2) is 3.92. The molecule has 1 N–H and O–H groups in total. The van der Waals surface area contributed by atoms with Crippen molar-refractivity contribution in [2.75, 3.05) is 0 Å². The zero-order chi connectivity index (χ0) is 12.5. The molecule has 0 radical (unpaired) electrons. The van der Waals surface area contributed by atoms with Gasteiger partial charge in [0.2, 0.25) is 0 Å². The summed E-state index contributed by atoms with van der Waals surface area (Å²) in [5.74, 6) is -1.08. The van der Waals surface area contributed by atoms with E-state index in [0.29, 0.717) is 0 Å². The number of nitrogens with zero attached hydrogens (tertiary/aromatic N) is 4. The van der Waals surface area contributed by atoms with Crippen molar-refractivity contribution in [1.29, 1.82) is 0 Å². The van der Waals surface area contributed by atoms with Gasteiger partial charge < -0.3 is 5.11 Å². The Bertz CT molecular complexity index is 490. The third kappa shape index (κ3) is 2.36. The molecule has 0 bridgehead atoms. The Balaban J connectivity index is 3.29. The van der Waals surface area contributed by atoms with Crippen LogP contribution in [0.25, 0.3) is 6.20 Å². The van der Waals surface area contributed by atoms with Crippen LogP contribution in [0.1, 0.15) is 20.8 Å². The van der Waals surface area contributed by atoms with Crippen molar-refractivity contribution < 1.29 is 9.90 Å². The number of hydrogen-bond donors (Lipinski definition) is 1. The second-order valence-electron chi connectivity index (χ2n) is 4.43. The van der Waals surface area contributed by atoms with Gasteiger partial charge in [-0.25, -0.2) is 9.59 Å². The van der Waals surface area contributed by atoms with Gasteiger partial charge in [-0.1, -0.05) is 20.8 Å². The molecule has 0 aliphatic carbocycles. The number of carboxylic acids is 1. The maximum absolute atomic E-state index is 11.4. The van der Waals surface area contributed by atoms with Crippen LogP contribution < -0.4 is 5.69 Å². The number of aliphatic carboxylic acids is 1. The van der Waals surface area contributed by atoms with Crippen LogP contribution in [-0.4, -0.2) is 30.9 Å². The van der Waals surface area contributed by atoms with Crippen LogP contribution in [0.4, 0.5) is 0 Å². The maximum atomic E-state index is 11.4. The van der Waals surface area contributed by atoms with E-state index in [9.17, 15) is 9.59 Å². The molecule has 1 aromatic rings. The normalized spacial score (nSPS) is 12.9. The third-order valence-corrected chi connectivity index (χ3v) is 2.03. The molecule has 0 saturated carbocycles. The number of carboxylic acid groups (broad SMARTS) is 1. The first kappa shape index (κ1) is 12.2. The molecule has 16 heavy (non-hydrogen) atoms. The molecule has 1 heterocycles. The van der Waals surface area contributed by atoms with E-state index in [2.05, 4.69) is 10.4 Å². The Kier molecular flexibility index (Phi) is 2.97. The lowest BCUT2D eigenvalue weighted by molar-refractivity contribution is -0.133. The monoisotopic (exact) mass is 226 g/mol. The van der Waals surface area contributed by atoms with Crippen molar-refractivity contribution in [3.63, 3.8) is 0 Å². The molecule has 88 valence electrons. The van der Waals surface area contributed by atoms with Gasteiger partial charge >= 0.3 is 11.7 Å². The first-order valence-corrected chi connectivity index (χ1v) is 4.67. The van der Waals surface area contributed by atoms with Crippen molar-refractivity contribution in [2.24, 2.45) is 12.5 Å². The Hall–Kier alpha value is -1.92. The van der Waals surface area contributed by atoms with Crippen molar-refractivity contribution in [3.05, 3.63) is 16.1 Å². The maximum Gasteiger partial charge on any atom is 0.367 e. The van der Waals surface area contributed by atoms with Crippen LogP contribution in [0, 0.1) is 5.41 Å². The summed E-state index contributed by atoms with van der Waals surface area (Å²) in [6.07, 6.45) is 1.19. The predicted octanol–water partition coefficient (Wildman–Crippen LogP) is -0.0516. The molecular weight excluding hydrogens is 212 g/mol. The van der Waals surface area contributed by atoms with Crippen molar-refractivity contribution in [1.82, 2.24) is 19.8 Å². The van der Waals surface area contributed by atoms with E-state index >= 15 is 0 Å². The van der Waals surface area contributed by atoms with Gasteiger partial charge in [0, 0.05) is 13.2 Å². The zero-order valence-electron chi connectivity index (χ0n) is 9.63. The molecule has 0 atom stereocenters. The van der Waals surface area contributed by atoms with Crippen molar-refractivity contribution in [2.45, 2.75) is 20.8 Å². The van der Waals surface area contributed by atoms with Gasteiger partial charge in [0.25, 0.3) is 0 Å². The van der Waals surface area contributed by atoms with Crippen LogP contribution >= 0.6 is 0 Å². The lowest BCUT2D eigenvalue weighted by Crippen LogP contribution is -2.23. The first-order chi connectivity index (χ1) is 7.23. The smallest absolute Gasteiger partial charge is 0.367 e. The molecule has 7 heteroatoms. The minimum Gasteiger partial charge on any atom is -0.478 e. The van der Waals surface area contributed by atoms with Gasteiger partial charge in [-0.15, -0.1) is 0 Å². The fraction of sp³-hybridized carbons (Fsp3) is 0.556. The van der Waals surface area contributed by atoms with Gasteiger partial charge in [0.05, 0.1) is 5.57 Å². The number of hydrogen-bond acceptors (Lipinski definition) is 4. The summed E-state index contributed by atoms with van der Waals surface area (Å²) in [4.78, 5) is 22.4. The summed E-state index contributed by atoms with van der Waals surface area (Å²) in [5.41, 5.74) is -0.971. The number of rotatable bonds is 2. The van der Waals surface area contributed by atoms with Gasteiger partial charge in [-0.3, -0.25) is 0 Å². The summed E-state index contributed by atoms with van der Waals surface area (Å²) in [6.45, 7) is 5.23. The van der Waals surface area contributed by atoms with E-state index in [-0.39, 0.29) is 5.57 Å². The van der Waals surface area contributed by atoms with Crippen LogP contribution in [0.15, 0.2) is 10.4 Å². The Morgan fingerprint density at radius 3 is 2.25 bits per heavy atom. The van der Waals surface area contributed by atoms with E-state index in [4.69, 9.17) is 5.11 Å². The summed E-state index contributed by atoms with van der Waals surface area (Å²) in [6, 6.07) is 0. The van der Waals surface area contributed by atoms with Crippen LogP contribution in [0.3, 0.4) is 0 Å². The van der Waals surface area contributed by atoms with E-state index in [1.807, 2.05) is 0 Å². The second-order valence-corrected chi connectivity index (χ2v) is 4.43. The Morgan fingerprint density at radius 2 is 1.94 bits per heavy atom. The predicted molar refractivity (Wildman–Crippen MR) is 56.6 cm³/mol. The minimum absolute atomic E-state index is 0.0927. The van der Waals surface area contributed by atoms with Crippen LogP contribution in [0.2, 0.25) is 0 Å². The average Bonchev–Trinajstić information content (AvgIpc) is 2.42. The summed E-state index contributed by atoms with van der Waals surface area (Å²) in [5, 5.41) is 16.0. The zero-order valence-corrected chi connectivity index (χ0v) is 9.63. The fourth-order valence-electron chi connectivity index (χ4n) is 1.10. The molecular formula is C9H14N4O3. The van der Waals surface area contributed by atoms with Crippen LogP contribution in [0.5, 0.6) is 0 Å². The topological polar surface area (TPSA) is 90.0 Å². The van der Waals surface area contributed by atoms with E-state index in [0.717, 1.165) is 9.36 Å². The number of tetrazole rings is 1. The van der Waals surface area contributed by atoms with E-state index < -0.39 is 17.1 Å². The highest BCUT2D eigenvalue weighted by atomic mass is 16.4. The number of aryl methyl sites for hydroxylation is 1. The highest BCUT2D eigenvalue weighted by Gasteiger charge is 2.24. The summed E-state index contributed by atoms with van der Waals surface area (Å²) in [7, 11) is 1.44. The number of aromatic nitrogens is 4. The van der Waals surface area contributed by atoms with Gasteiger partial charge in [-0.05, 0) is 15.8 Å². The van der Waals surface area contributed by atoms with Crippen LogP contribution in [-0.2, 0) is 11.8 Å². The molecule has 0 amide bonds. The van der Waals surface area contributed by atoms with Gasteiger partial charge in [-0.2, -0.15) is 9.36 Å². The first-order valence-electron chi connectivity index (χ1n) is 4.67.